The Bertz CT molecular complexity index is 670. The van der Waals surface area contributed by atoms with E-state index in [9.17, 15) is 9.59 Å². The average molecular weight is 313 g/mol. The predicted octanol–water partition coefficient (Wildman–Crippen LogP) is 2.78. The molecule has 1 atom stereocenters. The van der Waals surface area contributed by atoms with E-state index in [2.05, 4.69) is 4.98 Å². The number of carbonyl (C=O) groups excluding carboxylic acids is 2. The minimum Gasteiger partial charge on any atom is -0.463 e. The van der Waals surface area contributed by atoms with Crippen molar-refractivity contribution < 1.29 is 19.1 Å². The molecule has 0 spiro atoms. The molecule has 2 rings (SSSR count). The standard InChI is InChI=1S/C18H19NO4/c1-3-22-18(21)17(15-8-5-9-19-12-15)23-16(20)11-14-7-4-6-13(2)10-14/h4-10,12,17H,3,11H2,1-2H3/t17-/m0/s1. The topological polar surface area (TPSA) is 65.5 Å². The van der Waals surface area contributed by atoms with E-state index >= 15 is 0 Å². The summed E-state index contributed by atoms with van der Waals surface area (Å²) in [5.41, 5.74) is 2.39. The maximum Gasteiger partial charge on any atom is 0.352 e. The molecule has 2 aromatic rings. The number of aromatic nitrogens is 1. The van der Waals surface area contributed by atoms with Gasteiger partial charge in [0.05, 0.1) is 13.0 Å². The van der Waals surface area contributed by atoms with Gasteiger partial charge in [0.25, 0.3) is 0 Å². The SMILES string of the molecule is CCOC(=O)[C@@H](OC(=O)Cc1cccc(C)c1)c1cccnc1. The van der Waals surface area contributed by atoms with E-state index in [4.69, 9.17) is 9.47 Å². The summed E-state index contributed by atoms with van der Waals surface area (Å²) in [5.74, 6) is -1.09. The van der Waals surface area contributed by atoms with Gasteiger partial charge in [0.1, 0.15) is 0 Å². The van der Waals surface area contributed by atoms with Crippen LogP contribution in [0.2, 0.25) is 0 Å². The summed E-state index contributed by atoms with van der Waals surface area (Å²) in [7, 11) is 0. The number of rotatable bonds is 6. The molecule has 0 fully saturated rings. The Morgan fingerprint density at radius 1 is 1.22 bits per heavy atom. The fraction of sp³-hybridized carbons (Fsp3) is 0.278. The van der Waals surface area contributed by atoms with Crippen LogP contribution in [0.5, 0.6) is 0 Å². The van der Waals surface area contributed by atoms with Crippen molar-refractivity contribution >= 4 is 11.9 Å². The molecule has 0 aliphatic rings. The van der Waals surface area contributed by atoms with Gasteiger partial charge >= 0.3 is 11.9 Å². The van der Waals surface area contributed by atoms with Crippen molar-refractivity contribution in [1.29, 1.82) is 0 Å². The van der Waals surface area contributed by atoms with Crippen molar-refractivity contribution in [2.75, 3.05) is 6.61 Å². The molecule has 1 aromatic heterocycles. The van der Waals surface area contributed by atoms with Gasteiger partial charge < -0.3 is 9.47 Å². The number of hydrogen-bond acceptors (Lipinski definition) is 5. The Hall–Kier alpha value is -2.69. The second kappa shape index (κ2) is 8.08. The highest BCUT2D eigenvalue weighted by atomic mass is 16.6. The molecule has 5 heteroatoms. The lowest BCUT2D eigenvalue weighted by molar-refractivity contribution is -0.167. The first-order valence-corrected chi connectivity index (χ1v) is 7.41. The van der Waals surface area contributed by atoms with Gasteiger partial charge in [0, 0.05) is 18.0 Å². The van der Waals surface area contributed by atoms with Crippen molar-refractivity contribution in [2.24, 2.45) is 0 Å². The van der Waals surface area contributed by atoms with Crippen LogP contribution in [0.3, 0.4) is 0 Å². The van der Waals surface area contributed by atoms with Gasteiger partial charge in [-0.3, -0.25) is 9.78 Å². The van der Waals surface area contributed by atoms with Crippen LogP contribution >= 0.6 is 0 Å². The summed E-state index contributed by atoms with van der Waals surface area (Å²) in [6.07, 6.45) is 2.07. The van der Waals surface area contributed by atoms with Crippen molar-refractivity contribution in [1.82, 2.24) is 4.98 Å². The molecule has 0 saturated carbocycles. The second-order valence-corrected chi connectivity index (χ2v) is 5.07. The number of aryl methyl sites for hydroxylation is 1. The summed E-state index contributed by atoms with van der Waals surface area (Å²) >= 11 is 0. The van der Waals surface area contributed by atoms with E-state index in [0.29, 0.717) is 5.56 Å². The van der Waals surface area contributed by atoms with Crippen LogP contribution in [0, 0.1) is 6.92 Å². The van der Waals surface area contributed by atoms with Crippen LogP contribution in [0.15, 0.2) is 48.8 Å². The number of esters is 2. The number of ether oxygens (including phenoxy) is 2. The van der Waals surface area contributed by atoms with Gasteiger partial charge in [-0.15, -0.1) is 0 Å². The second-order valence-electron chi connectivity index (χ2n) is 5.07. The van der Waals surface area contributed by atoms with Gasteiger partial charge in [0.15, 0.2) is 0 Å². The molecule has 0 N–H and O–H groups in total. The zero-order chi connectivity index (χ0) is 16.7. The molecule has 0 aliphatic heterocycles. The van der Waals surface area contributed by atoms with E-state index in [0.717, 1.165) is 11.1 Å². The Balaban J connectivity index is 2.11. The van der Waals surface area contributed by atoms with Gasteiger partial charge in [-0.2, -0.15) is 0 Å². The van der Waals surface area contributed by atoms with Gasteiger partial charge in [-0.05, 0) is 25.5 Å². The van der Waals surface area contributed by atoms with Crippen LogP contribution in [-0.2, 0) is 25.5 Å². The Morgan fingerprint density at radius 2 is 2.04 bits per heavy atom. The smallest absolute Gasteiger partial charge is 0.352 e. The van der Waals surface area contributed by atoms with Crippen molar-refractivity contribution in [2.45, 2.75) is 26.4 Å². The molecule has 0 aliphatic carbocycles. The summed E-state index contributed by atoms with van der Waals surface area (Å²) in [4.78, 5) is 28.2. The molecular formula is C18H19NO4. The molecule has 0 unspecified atom stereocenters. The first-order valence-electron chi connectivity index (χ1n) is 7.41. The maximum absolute atomic E-state index is 12.2. The van der Waals surface area contributed by atoms with Crippen LogP contribution in [-0.4, -0.2) is 23.5 Å². The Labute approximate surface area is 135 Å². The fourth-order valence-electron chi connectivity index (χ4n) is 2.16. The molecule has 0 radical (unpaired) electrons. The van der Waals surface area contributed by atoms with E-state index < -0.39 is 18.0 Å². The summed E-state index contributed by atoms with van der Waals surface area (Å²) in [5, 5.41) is 0. The average Bonchev–Trinajstić information content (AvgIpc) is 2.53. The Morgan fingerprint density at radius 3 is 2.70 bits per heavy atom. The maximum atomic E-state index is 12.2. The molecule has 23 heavy (non-hydrogen) atoms. The first-order chi connectivity index (χ1) is 11.1. The number of pyridine rings is 1. The van der Waals surface area contributed by atoms with Crippen LogP contribution < -0.4 is 0 Å². The first kappa shape index (κ1) is 16.7. The predicted molar refractivity (Wildman–Crippen MR) is 84.6 cm³/mol. The van der Waals surface area contributed by atoms with E-state index in [-0.39, 0.29) is 13.0 Å². The quantitative estimate of drug-likeness (QED) is 0.767. The zero-order valence-electron chi connectivity index (χ0n) is 13.2. The van der Waals surface area contributed by atoms with Gasteiger partial charge in [0.2, 0.25) is 6.10 Å². The molecule has 5 nitrogen and oxygen atoms in total. The molecule has 0 amide bonds. The highest BCUT2D eigenvalue weighted by molar-refractivity contribution is 5.81. The third-order valence-corrected chi connectivity index (χ3v) is 3.17. The van der Waals surface area contributed by atoms with E-state index in [1.165, 1.54) is 6.20 Å². The number of hydrogen-bond donors (Lipinski definition) is 0. The highest BCUT2D eigenvalue weighted by Gasteiger charge is 2.26. The number of carbonyl (C=O) groups is 2. The molecule has 120 valence electrons. The summed E-state index contributed by atoms with van der Waals surface area (Å²) < 4.78 is 10.3. The number of benzene rings is 1. The third kappa shape index (κ3) is 4.92. The molecule has 1 heterocycles. The lowest BCUT2D eigenvalue weighted by atomic mass is 10.1. The highest BCUT2D eigenvalue weighted by Crippen LogP contribution is 2.19. The molecular weight excluding hydrogens is 294 g/mol. The summed E-state index contributed by atoms with van der Waals surface area (Å²) in [6, 6.07) is 10.9. The van der Waals surface area contributed by atoms with Crippen LogP contribution in [0.25, 0.3) is 0 Å². The minimum atomic E-state index is -1.10. The third-order valence-electron chi connectivity index (χ3n) is 3.17. The Kier molecular flexibility index (Phi) is 5.86. The van der Waals surface area contributed by atoms with Crippen LogP contribution in [0.4, 0.5) is 0 Å². The van der Waals surface area contributed by atoms with E-state index in [1.54, 1.807) is 25.3 Å². The number of nitrogens with zero attached hydrogens (tertiary/aromatic N) is 1. The largest absolute Gasteiger partial charge is 0.463 e. The van der Waals surface area contributed by atoms with Crippen molar-refractivity contribution in [3.05, 3.63) is 65.5 Å². The monoisotopic (exact) mass is 313 g/mol. The lowest BCUT2D eigenvalue weighted by Crippen LogP contribution is -2.23. The molecule has 0 bridgehead atoms. The summed E-state index contributed by atoms with van der Waals surface area (Å²) in [6.45, 7) is 3.86. The lowest BCUT2D eigenvalue weighted by Gasteiger charge is -2.16. The molecule has 0 saturated heterocycles. The normalized spacial score (nSPS) is 11.6. The zero-order valence-corrected chi connectivity index (χ0v) is 13.2. The van der Waals surface area contributed by atoms with Gasteiger partial charge in [-0.25, -0.2) is 4.79 Å². The van der Waals surface area contributed by atoms with Crippen molar-refractivity contribution in [3.63, 3.8) is 0 Å². The van der Waals surface area contributed by atoms with Crippen LogP contribution in [0.1, 0.15) is 29.7 Å². The fourth-order valence-corrected chi connectivity index (χ4v) is 2.16. The van der Waals surface area contributed by atoms with E-state index in [1.807, 2.05) is 31.2 Å². The van der Waals surface area contributed by atoms with Gasteiger partial charge in [-0.1, -0.05) is 35.9 Å². The van der Waals surface area contributed by atoms with Crippen molar-refractivity contribution in [3.8, 4) is 0 Å². The minimum absolute atomic E-state index is 0.0951. The molecule has 1 aromatic carbocycles.